The molecule has 8 nitrogen and oxygen atoms in total. The lowest BCUT2D eigenvalue weighted by Crippen LogP contribution is -1.95. The highest BCUT2D eigenvalue weighted by atomic mass is 16.6. The lowest BCUT2D eigenvalue weighted by molar-refractivity contribution is -0.388. The Kier molecular flexibility index (Phi) is 2.68. The maximum Gasteiger partial charge on any atom is 0.391 e. The lowest BCUT2D eigenvalue weighted by Gasteiger charge is -1.98. The van der Waals surface area contributed by atoms with Gasteiger partial charge in [-0.15, -0.1) is 0 Å². The predicted molar refractivity (Wildman–Crippen MR) is 48.1 cm³/mol. The van der Waals surface area contributed by atoms with Crippen molar-refractivity contribution in [2.75, 3.05) is 0 Å². The second kappa shape index (κ2) is 3.75. The third-order valence-electron chi connectivity index (χ3n) is 1.74. The fourth-order valence-corrected chi connectivity index (χ4v) is 1.18. The molecule has 0 bridgehead atoms. The fourth-order valence-electron chi connectivity index (χ4n) is 1.18. The van der Waals surface area contributed by atoms with Crippen LogP contribution >= 0.6 is 0 Å². The minimum Gasteiger partial charge on any atom is -0.358 e. The van der Waals surface area contributed by atoms with E-state index in [2.05, 4.69) is 15.0 Å². The minimum absolute atomic E-state index is 0.0440. The first kappa shape index (κ1) is 10.0. The van der Waals surface area contributed by atoms with E-state index in [0.29, 0.717) is 12.4 Å². The molecule has 0 aromatic carbocycles. The summed E-state index contributed by atoms with van der Waals surface area (Å²) in [5.74, 6) is 0.0150. The normalized spacial score (nSPS) is 9.57. The van der Waals surface area contributed by atoms with Crippen molar-refractivity contribution in [3.05, 3.63) is 26.4 Å². The van der Waals surface area contributed by atoms with Crippen LogP contribution in [0.4, 0.5) is 11.6 Å². The number of rotatable bonds is 3. The van der Waals surface area contributed by atoms with Crippen LogP contribution in [0.2, 0.25) is 0 Å². The molecule has 0 spiro atoms. The number of aryl methyl sites for hydroxylation is 1. The Morgan fingerprint density at radius 2 is 2.43 bits per heavy atom. The maximum absolute atomic E-state index is 10.5. The monoisotopic (exact) mass is 196 g/mol. The zero-order valence-corrected chi connectivity index (χ0v) is 7.71. The van der Waals surface area contributed by atoms with Gasteiger partial charge in [-0.2, -0.15) is 0 Å². The van der Waals surface area contributed by atoms with Crippen molar-refractivity contribution >= 4 is 11.6 Å². The summed E-state index contributed by atoms with van der Waals surface area (Å²) >= 11 is 0. The molecule has 0 aliphatic rings. The lowest BCUT2D eigenvalue weighted by atomic mass is 10.6. The van der Waals surface area contributed by atoms with Gasteiger partial charge in [0.15, 0.2) is 0 Å². The van der Waals surface area contributed by atoms with Gasteiger partial charge in [0.25, 0.3) is 0 Å². The number of hydrogen-bond donors (Lipinski definition) is 0. The van der Waals surface area contributed by atoms with Gasteiger partial charge in [-0.25, -0.2) is 0 Å². The van der Waals surface area contributed by atoms with Gasteiger partial charge in [0, 0.05) is 18.4 Å². The van der Waals surface area contributed by atoms with Crippen LogP contribution in [0.1, 0.15) is 12.7 Å². The van der Waals surface area contributed by atoms with Crippen molar-refractivity contribution in [3.8, 4) is 0 Å². The summed E-state index contributed by atoms with van der Waals surface area (Å²) in [6.45, 7) is 3.88. The van der Waals surface area contributed by atoms with Crippen LogP contribution in [0.3, 0.4) is 0 Å². The molecule has 1 rings (SSSR count). The smallest absolute Gasteiger partial charge is 0.358 e. The molecule has 0 atom stereocenters. The molecule has 0 saturated carbocycles. The Morgan fingerprint density at radius 1 is 1.79 bits per heavy atom. The average Bonchev–Trinajstić information content (AvgIpc) is 2.43. The van der Waals surface area contributed by atoms with Gasteiger partial charge in [-0.3, -0.25) is 0 Å². The number of nitrogens with zero attached hydrogens (tertiary/aromatic N) is 6. The molecule has 74 valence electrons. The van der Waals surface area contributed by atoms with E-state index in [-0.39, 0.29) is 5.82 Å². The molecule has 0 N–H and O–H groups in total. The molecular weight excluding hydrogens is 188 g/mol. The number of imidazole rings is 1. The molecule has 14 heavy (non-hydrogen) atoms. The van der Waals surface area contributed by atoms with Crippen molar-refractivity contribution in [1.29, 1.82) is 0 Å². The average molecular weight is 196 g/mol. The van der Waals surface area contributed by atoms with E-state index in [1.807, 2.05) is 0 Å². The largest absolute Gasteiger partial charge is 0.391 e. The van der Waals surface area contributed by atoms with Crippen LogP contribution in [0.5, 0.6) is 0 Å². The third kappa shape index (κ3) is 1.50. The number of hydrogen-bond acceptors (Lipinski definition) is 4. The van der Waals surface area contributed by atoms with Gasteiger partial charge in [-0.05, 0) is 27.5 Å². The topological polar surface area (TPSA) is 110 Å². The van der Waals surface area contributed by atoms with Gasteiger partial charge in [0.2, 0.25) is 11.6 Å². The molecule has 0 aliphatic heterocycles. The summed E-state index contributed by atoms with van der Waals surface area (Å²) in [4.78, 5) is 16.1. The molecule has 8 heteroatoms. The van der Waals surface area contributed by atoms with Gasteiger partial charge < -0.3 is 14.7 Å². The van der Waals surface area contributed by atoms with Gasteiger partial charge in [-0.1, -0.05) is 0 Å². The van der Waals surface area contributed by atoms with Crippen LogP contribution < -0.4 is 0 Å². The van der Waals surface area contributed by atoms with E-state index in [1.165, 1.54) is 4.57 Å². The second-order valence-corrected chi connectivity index (χ2v) is 2.50. The van der Waals surface area contributed by atoms with Crippen LogP contribution in [-0.2, 0) is 6.54 Å². The Hall–Kier alpha value is -2.08. The van der Waals surface area contributed by atoms with Crippen LogP contribution in [0.15, 0.2) is 5.11 Å². The van der Waals surface area contributed by atoms with E-state index >= 15 is 0 Å². The molecular formula is C6H8N6O2. The fraction of sp³-hybridized carbons (Fsp3) is 0.500. The highest BCUT2D eigenvalue weighted by Crippen LogP contribution is 2.27. The van der Waals surface area contributed by atoms with Crippen molar-refractivity contribution in [2.45, 2.75) is 20.4 Å². The SMILES string of the molecule is CCn1c(C)nc([N+](=O)[O-])c1N=[N+]=[N-]. The van der Waals surface area contributed by atoms with Crippen molar-refractivity contribution in [3.63, 3.8) is 0 Å². The highest BCUT2D eigenvalue weighted by Gasteiger charge is 2.23. The zero-order valence-electron chi connectivity index (χ0n) is 7.71. The maximum atomic E-state index is 10.5. The van der Waals surface area contributed by atoms with Gasteiger partial charge in [0.05, 0.1) is 0 Å². The molecule has 0 aliphatic carbocycles. The molecule has 0 amide bonds. The predicted octanol–water partition coefficient (Wildman–Crippen LogP) is 2.06. The van der Waals surface area contributed by atoms with Crippen LogP contribution in [-0.4, -0.2) is 14.5 Å². The van der Waals surface area contributed by atoms with Crippen molar-refractivity contribution in [2.24, 2.45) is 5.11 Å². The van der Waals surface area contributed by atoms with Crippen molar-refractivity contribution in [1.82, 2.24) is 9.55 Å². The highest BCUT2D eigenvalue weighted by molar-refractivity contribution is 5.48. The number of aromatic nitrogens is 2. The zero-order chi connectivity index (χ0) is 10.7. The standard InChI is InChI=1S/C6H8N6O2/c1-3-11-4(2)8-5(12(13)14)6(11)9-10-7/h3H2,1-2H3. The van der Waals surface area contributed by atoms with Crippen LogP contribution in [0.25, 0.3) is 10.4 Å². The number of nitro groups is 1. The Labute approximate surface area is 79.0 Å². The number of azide groups is 1. The van der Waals surface area contributed by atoms with Crippen molar-refractivity contribution < 1.29 is 4.92 Å². The molecule has 0 unspecified atom stereocenters. The minimum atomic E-state index is -0.664. The molecule has 1 aromatic heterocycles. The summed E-state index contributed by atoms with van der Waals surface area (Å²) in [5.41, 5.74) is 8.25. The molecule has 0 fully saturated rings. The Balaban J connectivity index is 3.44. The summed E-state index contributed by atoms with van der Waals surface area (Å²) < 4.78 is 1.48. The first-order valence-corrected chi connectivity index (χ1v) is 3.88. The second-order valence-electron chi connectivity index (χ2n) is 2.50. The van der Waals surface area contributed by atoms with Gasteiger partial charge >= 0.3 is 5.82 Å². The summed E-state index contributed by atoms with van der Waals surface area (Å²) in [7, 11) is 0. The van der Waals surface area contributed by atoms with Crippen LogP contribution in [0, 0.1) is 17.0 Å². The molecule has 1 heterocycles. The van der Waals surface area contributed by atoms with E-state index in [1.54, 1.807) is 13.8 Å². The van der Waals surface area contributed by atoms with E-state index in [0.717, 1.165) is 0 Å². The molecule has 0 saturated heterocycles. The van der Waals surface area contributed by atoms with E-state index < -0.39 is 10.7 Å². The first-order valence-electron chi connectivity index (χ1n) is 3.88. The summed E-state index contributed by atoms with van der Waals surface area (Å²) in [6, 6.07) is 0. The van der Waals surface area contributed by atoms with Gasteiger partial charge in [0.1, 0.15) is 0 Å². The third-order valence-corrected chi connectivity index (χ3v) is 1.74. The summed E-state index contributed by atoms with van der Waals surface area (Å²) in [5, 5.41) is 13.8. The summed E-state index contributed by atoms with van der Waals surface area (Å²) in [6.07, 6.45) is 0. The molecule has 0 radical (unpaired) electrons. The Bertz CT molecular complexity index is 416. The Morgan fingerprint density at radius 3 is 2.86 bits per heavy atom. The quantitative estimate of drug-likeness (QED) is 0.242. The van der Waals surface area contributed by atoms with E-state index in [4.69, 9.17) is 5.53 Å². The molecule has 1 aromatic rings. The first-order chi connectivity index (χ1) is 6.61. The van der Waals surface area contributed by atoms with E-state index in [9.17, 15) is 10.1 Å².